The van der Waals surface area contributed by atoms with E-state index in [1.54, 1.807) is 0 Å². The van der Waals surface area contributed by atoms with Crippen molar-refractivity contribution in [2.75, 3.05) is 0 Å². The van der Waals surface area contributed by atoms with Gasteiger partial charge in [-0.2, -0.15) is 5.26 Å². The van der Waals surface area contributed by atoms with Crippen molar-refractivity contribution in [2.45, 2.75) is 52.0 Å². The van der Waals surface area contributed by atoms with Gasteiger partial charge < -0.3 is 0 Å². The zero-order chi connectivity index (χ0) is 10.6. The van der Waals surface area contributed by atoms with Gasteiger partial charge in [0.2, 0.25) is 0 Å². The van der Waals surface area contributed by atoms with E-state index < -0.39 is 5.28 Å². The summed E-state index contributed by atoms with van der Waals surface area (Å²) in [4.78, 5) is 2.15. The van der Waals surface area contributed by atoms with Gasteiger partial charge in [0.1, 0.15) is 5.28 Å². The third kappa shape index (κ3) is 3.09. The maximum Gasteiger partial charge on any atom is 0.137 e. The van der Waals surface area contributed by atoms with Crippen LogP contribution < -0.4 is 0 Å². The first-order chi connectivity index (χ1) is 5.89. The lowest BCUT2D eigenvalue weighted by molar-refractivity contribution is 0.131. The lowest BCUT2D eigenvalue weighted by Gasteiger charge is -2.40. The van der Waals surface area contributed by atoms with Crippen LogP contribution in [-0.4, -0.2) is 22.3 Å². The lowest BCUT2D eigenvalue weighted by Crippen LogP contribution is -2.49. The SMILES string of the molecule is CC(C)N(C(C)C)C(C)(C#N)PCl. The van der Waals surface area contributed by atoms with Crippen LogP contribution in [0.25, 0.3) is 0 Å². The molecule has 2 nitrogen and oxygen atoms in total. The minimum Gasteiger partial charge on any atom is -0.277 e. The Kier molecular flexibility index (Phi) is 5.22. The van der Waals surface area contributed by atoms with Crippen LogP contribution in [-0.2, 0) is 0 Å². The molecule has 0 aromatic heterocycles. The first-order valence-corrected chi connectivity index (χ1v) is 6.47. The van der Waals surface area contributed by atoms with Crippen LogP contribution in [0, 0.1) is 11.3 Å². The van der Waals surface area contributed by atoms with Crippen molar-refractivity contribution in [2.24, 2.45) is 0 Å². The predicted molar refractivity (Wildman–Crippen MR) is 60.3 cm³/mol. The van der Waals surface area contributed by atoms with Crippen LogP contribution in [0.2, 0.25) is 0 Å². The number of nitriles is 1. The van der Waals surface area contributed by atoms with Crippen LogP contribution in [0.4, 0.5) is 0 Å². The normalized spacial score (nSPS) is 17.2. The Morgan fingerprint density at radius 3 is 1.77 bits per heavy atom. The molecule has 0 aromatic rings. The molecule has 0 bridgehead atoms. The second-order valence-corrected chi connectivity index (χ2v) is 5.60. The minimum atomic E-state index is -0.524. The molecule has 0 heterocycles. The molecule has 0 N–H and O–H groups in total. The van der Waals surface area contributed by atoms with Gasteiger partial charge >= 0.3 is 0 Å². The van der Waals surface area contributed by atoms with E-state index in [1.165, 1.54) is 0 Å². The van der Waals surface area contributed by atoms with E-state index in [1.807, 2.05) is 6.92 Å². The molecule has 0 saturated carbocycles. The van der Waals surface area contributed by atoms with Crippen LogP contribution in [0.5, 0.6) is 0 Å². The van der Waals surface area contributed by atoms with E-state index in [0.717, 1.165) is 0 Å². The monoisotopic (exact) mass is 220 g/mol. The maximum absolute atomic E-state index is 9.08. The van der Waals surface area contributed by atoms with Gasteiger partial charge in [0, 0.05) is 20.0 Å². The highest BCUT2D eigenvalue weighted by molar-refractivity contribution is 7.70. The third-order valence-electron chi connectivity index (χ3n) is 2.03. The Bertz CT molecular complexity index is 192. The molecule has 2 unspecified atom stereocenters. The van der Waals surface area contributed by atoms with E-state index in [-0.39, 0.29) is 7.93 Å². The molecule has 0 spiro atoms. The number of hydrogen-bond donors (Lipinski definition) is 0. The molecule has 0 aliphatic heterocycles. The molecule has 0 aromatic carbocycles. The van der Waals surface area contributed by atoms with E-state index >= 15 is 0 Å². The molecule has 0 aliphatic rings. The topological polar surface area (TPSA) is 27.0 Å². The number of nitrogens with zero attached hydrogens (tertiary/aromatic N) is 2. The fourth-order valence-electron chi connectivity index (χ4n) is 1.76. The summed E-state index contributed by atoms with van der Waals surface area (Å²) >= 11 is 5.86. The number of rotatable bonds is 4. The standard InChI is InChI=1S/C9H18ClN2P/c1-7(2)12(8(3)4)9(5,6-11)13-10/h7-8,13H,1-5H3. The number of halogens is 1. The summed E-state index contributed by atoms with van der Waals surface area (Å²) in [6, 6.07) is 2.98. The summed E-state index contributed by atoms with van der Waals surface area (Å²) in [5.41, 5.74) is 0. The second kappa shape index (κ2) is 5.15. The first-order valence-electron chi connectivity index (χ1n) is 4.46. The molecule has 4 heteroatoms. The zero-order valence-corrected chi connectivity index (χ0v) is 10.7. The van der Waals surface area contributed by atoms with E-state index in [2.05, 4.69) is 38.7 Å². The van der Waals surface area contributed by atoms with Crippen molar-refractivity contribution >= 4 is 19.2 Å². The summed E-state index contributed by atoms with van der Waals surface area (Å²) in [6.07, 6.45) is 0. The predicted octanol–water partition coefficient (Wildman–Crippen LogP) is 3.18. The zero-order valence-electron chi connectivity index (χ0n) is 8.93. The highest BCUT2D eigenvalue weighted by Crippen LogP contribution is 2.40. The molecule has 0 radical (unpaired) electrons. The van der Waals surface area contributed by atoms with Crippen molar-refractivity contribution in [1.29, 1.82) is 5.26 Å². The van der Waals surface area contributed by atoms with Crippen molar-refractivity contribution in [1.82, 2.24) is 4.90 Å². The molecule has 0 amide bonds. The number of hydrogen-bond acceptors (Lipinski definition) is 2. The van der Waals surface area contributed by atoms with Gasteiger partial charge in [-0.25, -0.2) is 0 Å². The van der Waals surface area contributed by atoms with Crippen LogP contribution in [0.3, 0.4) is 0 Å². The molecular weight excluding hydrogens is 203 g/mol. The van der Waals surface area contributed by atoms with Crippen LogP contribution in [0.1, 0.15) is 34.6 Å². The van der Waals surface area contributed by atoms with Gasteiger partial charge in [-0.3, -0.25) is 4.90 Å². The van der Waals surface area contributed by atoms with Crippen LogP contribution in [0.15, 0.2) is 0 Å². The minimum absolute atomic E-state index is 0.105. The fourth-order valence-corrected chi connectivity index (χ4v) is 2.83. The van der Waals surface area contributed by atoms with Crippen LogP contribution >= 0.6 is 19.2 Å². The van der Waals surface area contributed by atoms with Gasteiger partial charge in [-0.15, -0.1) is 0 Å². The van der Waals surface area contributed by atoms with Crippen molar-refractivity contribution in [3.63, 3.8) is 0 Å². The Morgan fingerprint density at radius 2 is 1.69 bits per heavy atom. The summed E-state index contributed by atoms with van der Waals surface area (Å²) in [5, 5.41) is 8.56. The molecule has 0 fully saturated rings. The van der Waals surface area contributed by atoms with Gasteiger partial charge in [0.15, 0.2) is 0 Å². The average molecular weight is 221 g/mol. The van der Waals surface area contributed by atoms with Crippen molar-refractivity contribution in [3.8, 4) is 6.07 Å². The lowest BCUT2D eigenvalue weighted by atomic mass is 10.1. The molecule has 0 rings (SSSR count). The van der Waals surface area contributed by atoms with Gasteiger partial charge in [0.05, 0.1) is 6.07 Å². The molecular formula is C9H18ClN2P. The molecule has 76 valence electrons. The molecule has 0 saturated heterocycles. The summed E-state index contributed by atoms with van der Waals surface area (Å²) in [6.45, 7) is 10.3. The third-order valence-corrected chi connectivity index (χ3v) is 3.87. The first kappa shape index (κ1) is 13.2. The molecule has 2 atom stereocenters. The Hall–Kier alpha value is 0.170. The fraction of sp³-hybridized carbons (Fsp3) is 0.889. The Labute approximate surface area is 87.8 Å². The Balaban J connectivity index is 4.83. The van der Waals surface area contributed by atoms with Crippen molar-refractivity contribution < 1.29 is 0 Å². The van der Waals surface area contributed by atoms with Gasteiger partial charge in [-0.1, -0.05) is 11.2 Å². The molecule has 13 heavy (non-hydrogen) atoms. The highest BCUT2D eigenvalue weighted by Gasteiger charge is 2.34. The summed E-state index contributed by atoms with van der Waals surface area (Å²) in [5.74, 6) is 0. The van der Waals surface area contributed by atoms with Crippen molar-refractivity contribution in [3.05, 3.63) is 0 Å². The van der Waals surface area contributed by atoms with E-state index in [0.29, 0.717) is 12.1 Å². The quantitative estimate of drug-likeness (QED) is 0.681. The summed E-state index contributed by atoms with van der Waals surface area (Å²) < 4.78 is 0. The Morgan fingerprint density at radius 1 is 1.31 bits per heavy atom. The average Bonchev–Trinajstić information content (AvgIpc) is 2.02. The maximum atomic E-state index is 9.08. The molecule has 0 aliphatic carbocycles. The smallest absolute Gasteiger partial charge is 0.137 e. The second-order valence-electron chi connectivity index (χ2n) is 3.87. The largest absolute Gasteiger partial charge is 0.277 e. The van der Waals surface area contributed by atoms with E-state index in [4.69, 9.17) is 16.5 Å². The highest BCUT2D eigenvalue weighted by atomic mass is 35.7. The van der Waals surface area contributed by atoms with Gasteiger partial charge in [0.25, 0.3) is 0 Å². The van der Waals surface area contributed by atoms with Gasteiger partial charge in [-0.05, 0) is 34.6 Å². The summed E-state index contributed by atoms with van der Waals surface area (Å²) in [7, 11) is 0.105. The van der Waals surface area contributed by atoms with E-state index in [9.17, 15) is 0 Å².